The third kappa shape index (κ3) is 3.36. The molecule has 0 aromatic heterocycles. The van der Waals surface area contributed by atoms with Crippen molar-refractivity contribution in [2.24, 2.45) is 0 Å². The van der Waals surface area contributed by atoms with Crippen LogP contribution in [0.5, 0.6) is 5.75 Å². The van der Waals surface area contributed by atoms with Gasteiger partial charge < -0.3 is 10.4 Å². The second-order valence-electron chi connectivity index (χ2n) is 5.26. The number of benzene rings is 1. The maximum Gasteiger partial charge on any atom is 0.134 e. The van der Waals surface area contributed by atoms with E-state index in [1.165, 1.54) is 32.1 Å². The summed E-state index contributed by atoms with van der Waals surface area (Å²) >= 11 is 5.89. The first-order valence-corrected chi connectivity index (χ1v) is 6.69. The largest absolute Gasteiger partial charge is 0.506 e. The lowest BCUT2D eigenvalue weighted by atomic mass is 9.83. The highest BCUT2D eigenvalue weighted by molar-refractivity contribution is 6.32. The van der Waals surface area contributed by atoms with Gasteiger partial charge in [0.25, 0.3) is 0 Å². The van der Waals surface area contributed by atoms with E-state index in [0.717, 1.165) is 12.1 Å². The van der Waals surface area contributed by atoms with Gasteiger partial charge in [-0.2, -0.15) is 0 Å². The number of hydrogen-bond donors (Lipinski definition) is 2. The van der Waals surface area contributed by atoms with Gasteiger partial charge in [0.15, 0.2) is 0 Å². The van der Waals surface area contributed by atoms with Crippen LogP contribution in [0.25, 0.3) is 0 Å². The zero-order chi connectivity index (χ0) is 12.3. The summed E-state index contributed by atoms with van der Waals surface area (Å²) in [4.78, 5) is 0. The standard InChI is InChI=1S/C14H20ClNO/c1-14(7-3-2-4-8-14)16-10-11-5-6-13(17)12(15)9-11/h5-6,9,16-17H,2-4,7-8,10H2,1H3. The van der Waals surface area contributed by atoms with Crippen LogP contribution in [0.15, 0.2) is 18.2 Å². The van der Waals surface area contributed by atoms with E-state index in [2.05, 4.69) is 12.2 Å². The smallest absolute Gasteiger partial charge is 0.134 e. The zero-order valence-electron chi connectivity index (χ0n) is 10.3. The van der Waals surface area contributed by atoms with Crippen molar-refractivity contribution in [3.05, 3.63) is 28.8 Å². The first-order chi connectivity index (χ1) is 8.09. The molecule has 0 atom stereocenters. The Morgan fingerprint density at radius 3 is 2.65 bits per heavy atom. The van der Waals surface area contributed by atoms with E-state index in [1.54, 1.807) is 6.07 Å². The Hall–Kier alpha value is -0.730. The fourth-order valence-electron chi connectivity index (χ4n) is 2.48. The fraction of sp³-hybridized carbons (Fsp3) is 0.571. The predicted octanol–water partition coefficient (Wildman–Crippen LogP) is 3.86. The molecule has 1 aromatic carbocycles. The van der Waals surface area contributed by atoms with Crippen LogP contribution in [0.4, 0.5) is 0 Å². The molecular formula is C14H20ClNO. The molecule has 1 saturated carbocycles. The highest BCUT2D eigenvalue weighted by Crippen LogP contribution is 2.28. The van der Waals surface area contributed by atoms with E-state index in [9.17, 15) is 5.11 Å². The summed E-state index contributed by atoms with van der Waals surface area (Å²) in [6.07, 6.45) is 6.50. The van der Waals surface area contributed by atoms with Crippen LogP contribution >= 0.6 is 11.6 Å². The maximum atomic E-state index is 9.36. The highest BCUT2D eigenvalue weighted by atomic mass is 35.5. The normalized spacial score (nSPS) is 19.2. The highest BCUT2D eigenvalue weighted by Gasteiger charge is 2.25. The Morgan fingerprint density at radius 1 is 1.29 bits per heavy atom. The Labute approximate surface area is 108 Å². The van der Waals surface area contributed by atoms with E-state index in [4.69, 9.17) is 11.6 Å². The number of hydrogen-bond acceptors (Lipinski definition) is 2. The third-order valence-electron chi connectivity index (χ3n) is 3.69. The van der Waals surface area contributed by atoms with Gasteiger partial charge in [-0.05, 0) is 37.5 Å². The third-order valence-corrected chi connectivity index (χ3v) is 3.99. The van der Waals surface area contributed by atoms with Gasteiger partial charge in [0.2, 0.25) is 0 Å². The topological polar surface area (TPSA) is 32.3 Å². The van der Waals surface area contributed by atoms with Crippen LogP contribution < -0.4 is 5.32 Å². The predicted molar refractivity (Wildman–Crippen MR) is 71.4 cm³/mol. The number of phenolic OH excluding ortho intramolecular Hbond substituents is 1. The minimum atomic E-state index is 0.152. The second-order valence-corrected chi connectivity index (χ2v) is 5.67. The molecule has 0 saturated heterocycles. The van der Waals surface area contributed by atoms with Crippen LogP contribution in [0.1, 0.15) is 44.6 Å². The maximum absolute atomic E-state index is 9.36. The molecule has 0 aliphatic heterocycles. The lowest BCUT2D eigenvalue weighted by Gasteiger charge is -2.34. The van der Waals surface area contributed by atoms with Crippen LogP contribution in [0, 0.1) is 0 Å². The van der Waals surface area contributed by atoms with Crippen LogP contribution in [0.2, 0.25) is 5.02 Å². The van der Waals surface area contributed by atoms with Gasteiger partial charge in [-0.15, -0.1) is 0 Å². The molecule has 94 valence electrons. The summed E-state index contributed by atoms with van der Waals surface area (Å²) in [7, 11) is 0. The Morgan fingerprint density at radius 2 is 2.00 bits per heavy atom. The van der Waals surface area contributed by atoms with Gasteiger partial charge in [-0.25, -0.2) is 0 Å². The zero-order valence-corrected chi connectivity index (χ0v) is 11.1. The average molecular weight is 254 g/mol. The number of phenols is 1. The number of aromatic hydroxyl groups is 1. The lowest BCUT2D eigenvalue weighted by molar-refractivity contribution is 0.252. The summed E-state index contributed by atoms with van der Waals surface area (Å²) in [5.74, 6) is 0.152. The fourth-order valence-corrected chi connectivity index (χ4v) is 2.69. The van der Waals surface area contributed by atoms with E-state index in [-0.39, 0.29) is 11.3 Å². The average Bonchev–Trinajstić information content (AvgIpc) is 2.32. The van der Waals surface area contributed by atoms with Gasteiger partial charge in [-0.3, -0.25) is 0 Å². The molecule has 1 aromatic rings. The summed E-state index contributed by atoms with van der Waals surface area (Å²) in [6, 6.07) is 5.40. The minimum absolute atomic E-state index is 0.152. The van der Waals surface area contributed by atoms with Crippen LogP contribution in [-0.2, 0) is 6.54 Å². The molecule has 1 fully saturated rings. The van der Waals surface area contributed by atoms with E-state index in [1.807, 2.05) is 12.1 Å². The molecule has 0 amide bonds. The van der Waals surface area contributed by atoms with E-state index >= 15 is 0 Å². The Kier molecular flexibility index (Phi) is 3.95. The molecule has 0 spiro atoms. The minimum Gasteiger partial charge on any atom is -0.506 e. The first-order valence-electron chi connectivity index (χ1n) is 6.31. The number of rotatable bonds is 3. The van der Waals surface area contributed by atoms with Crippen molar-refractivity contribution in [2.45, 2.75) is 51.1 Å². The van der Waals surface area contributed by atoms with Gasteiger partial charge in [-0.1, -0.05) is 36.9 Å². The van der Waals surface area contributed by atoms with E-state index in [0.29, 0.717) is 5.02 Å². The van der Waals surface area contributed by atoms with Gasteiger partial charge >= 0.3 is 0 Å². The van der Waals surface area contributed by atoms with Crippen molar-refractivity contribution in [2.75, 3.05) is 0 Å². The monoisotopic (exact) mass is 253 g/mol. The van der Waals surface area contributed by atoms with Gasteiger partial charge in [0, 0.05) is 12.1 Å². The summed E-state index contributed by atoms with van der Waals surface area (Å²) in [5, 5.41) is 13.4. The SMILES string of the molecule is CC1(NCc2ccc(O)c(Cl)c2)CCCCC1. The molecule has 2 N–H and O–H groups in total. The van der Waals surface area contributed by atoms with Crippen LogP contribution in [0.3, 0.4) is 0 Å². The molecule has 0 unspecified atom stereocenters. The van der Waals surface area contributed by atoms with E-state index < -0.39 is 0 Å². The second kappa shape index (κ2) is 5.28. The number of nitrogens with one attached hydrogen (secondary N) is 1. The summed E-state index contributed by atoms with van der Waals surface area (Å²) in [5.41, 5.74) is 1.39. The van der Waals surface area contributed by atoms with Crippen molar-refractivity contribution >= 4 is 11.6 Å². The van der Waals surface area contributed by atoms with Gasteiger partial charge in [0.05, 0.1) is 5.02 Å². The Balaban J connectivity index is 1.94. The lowest BCUT2D eigenvalue weighted by Crippen LogP contribution is -2.43. The molecule has 2 rings (SSSR count). The van der Waals surface area contributed by atoms with Crippen molar-refractivity contribution in [3.63, 3.8) is 0 Å². The van der Waals surface area contributed by atoms with Crippen molar-refractivity contribution in [1.82, 2.24) is 5.32 Å². The molecule has 3 heteroatoms. The molecule has 1 aliphatic rings. The molecule has 0 heterocycles. The van der Waals surface area contributed by atoms with Crippen molar-refractivity contribution in [1.29, 1.82) is 0 Å². The van der Waals surface area contributed by atoms with Gasteiger partial charge in [0.1, 0.15) is 5.75 Å². The molecule has 2 nitrogen and oxygen atoms in total. The number of halogens is 1. The van der Waals surface area contributed by atoms with Crippen molar-refractivity contribution < 1.29 is 5.11 Å². The molecule has 0 bridgehead atoms. The molecule has 0 radical (unpaired) electrons. The molecule has 1 aliphatic carbocycles. The quantitative estimate of drug-likeness (QED) is 0.858. The summed E-state index contributed by atoms with van der Waals surface area (Å²) in [6.45, 7) is 3.12. The van der Waals surface area contributed by atoms with Crippen LogP contribution in [-0.4, -0.2) is 10.6 Å². The first kappa shape index (κ1) is 12.7. The Bertz CT molecular complexity index is 386. The molecular weight excluding hydrogens is 234 g/mol. The van der Waals surface area contributed by atoms with Crippen molar-refractivity contribution in [3.8, 4) is 5.75 Å². The molecule has 17 heavy (non-hydrogen) atoms. The summed E-state index contributed by atoms with van der Waals surface area (Å²) < 4.78 is 0.